The van der Waals surface area contributed by atoms with Crippen molar-refractivity contribution in [2.75, 3.05) is 25.1 Å². The van der Waals surface area contributed by atoms with Crippen LogP contribution in [-0.4, -0.2) is 47.5 Å². The first-order valence-electron chi connectivity index (χ1n) is 5.95. The van der Waals surface area contributed by atoms with Crippen LogP contribution in [0.25, 0.3) is 10.9 Å². The van der Waals surface area contributed by atoms with E-state index in [2.05, 4.69) is 9.97 Å². The smallest absolute Gasteiger partial charge is 0.140 e. The summed E-state index contributed by atoms with van der Waals surface area (Å²) >= 11 is 0. The van der Waals surface area contributed by atoms with Crippen molar-refractivity contribution in [3.8, 4) is 0 Å². The molecular weight excluding hydrogens is 230 g/mol. The molecule has 1 aliphatic heterocycles. The first-order chi connectivity index (χ1) is 8.79. The Morgan fingerprint density at radius 3 is 2.89 bits per heavy atom. The monoisotopic (exact) mass is 245 g/mol. The largest absolute Gasteiger partial charge is 0.388 e. The van der Waals surface area contributed by atoms with E-state index in [9.17, 15) is 5.11 Å². The molecule has 1 aromatic heterocycles. The molecule has 2 atom stereocenters. The molecule has 5 heteroatoms. The Labute approximate surface area is 105 Å². The number of para-hydroxylation sites is 1. The van der Waals surface area contributed by atoms with Gasteiger partial charge in [-0.05, 0) is 12.1 Å². The number of hydrogen-bond donors (Lipinski definition) is 1. The van der Waals surface area contributed by atoms with Crippen molar-refractivity contribution in [3.05, 3.63) is 30.6 Å². The first-order valence-corrected chi connectivity index (χ1v) is 5.95. The lowest BCUT2D eigenvalue weighted by Gasteiger charge is -2.18. The molecule has 0 unspecified atom stereocenters. The fraction of sp³-hybridized carbons (Fsp3) is 0.385. The summed E-state index contributed by atoms with van der Waals surface area (Å²) in [7, 11) is 1.62. The summed E-state index contributed by atoms with van der Waals surface area (Å²) in [6.07, 6.45) is 0.937. The number of ether oxygens (including phenoxy) is 1. The number of benzene rings is 1. The van der Waals surface area contributed by atoms with Crippen molar-refractivity contribution >= 4 is 16.7 Å². The molecule has 0 bridgehead atoms. The number of aliphatic hydroxyl groups is 1. The Hall–Kier alpha value is -1.72. The molecule has 0 radical (unpaired) electrons. The van der Waals surface area contributed by atoms with Crippen LogP contribution < -0.4 is 4.90 Å². The summed E-state index contributed by atoms with van der Waals surface area (Å²) in [6.45, 7) is 1.19. The highest BCUT2D eigenvalue weighted by atomic mass is 16.5. The number of fused-ring (bicyclic) bond motifs is 1. The van der Waals surface area contributed by atoms with Crippen LogP contribution in [0.15, 0.2) is 30.6 Å². The zero-order chi connectivity index (χ0) is 12.5. The summed E-state index contributed by atoms with van der Waals surface area (Å²) in [5, 5.41) is 10.9. The van der Waals surface area contributed by atoms with Gasteiger partial charge < -0.3 is 14.7 Å². The third kappa shape index (κ3) is 1.81. The van der Waals surface area contributed by atoms with E-state index in [1.807, 2.05) is 29.2 Å². The third-order valence-corrected chi connectivity index (χ3v) is 3.36. The molecule has 94 valence electrons. The molecule has 0 saturated carbocycles. The van der Waals surface area contributed by atoms with Gasteiger partial charge >= 0.3 is 0 Å². The lowest BCUT2D eigenvalue weighted by atomic mass is 10.2. The molecule has 1 N–H and O–H groups in total. The number of aliphatic hydroxyl groups excluding tert-OH is 1. The van der Waals surface area contributed by atoms with Gasteiger partial charge in [0, 0.05) is 25.6 Å². The highest BCUT2D eigenvalue weighted by Gasteiger charge is 2.32. The second-order valence-corrected chi connectivity index (χ2v) is 4.46. The zero-order valence-corrected chi connectivity index (χ0v) is 10.2. The molecule has 18 heavy (non-hydrogen) atoms. The number of nitrogens with zero attached hydrogens (tertiary/aromatic N) is 3. The second kappa shape index (κ2) is 4.51. The van der Waals surface area contributed by atoms with Crippen LogP contribution in [-0.2, 0) is 4.74 Å². The van der Waals surface area contributed by atoms with Crippen molar-refractivity contribution < 1.29 is 9.84 Å². The SMILES string of the molecule is CO[C@H]1CN(c2ncnc3ccccc23)C[C@@H]1O. The van der Waals surface area contributed by atoms with E-state index >= 15 is 0 Å². The van der Waals surface area contributed by atoms with Crippen LogP contribution in [0.3, 0.4) is 0 Å². The minimum absolute atomic E-state index is 0.154. The van der Waals surface area contributed by atoms with E-state index in [1.54, 1.807) is 13.4 Å². The van der Waals surface area contributed by atoms with Crippen molar-refractivity contribution in [3.63, 3.8) is 0 Å². The minimum atomic E-state index is -0.469. The highest BCUT2D eigenvalue weighted by molar-refractivity contribution is 5.89. The van der Waals surface area contributed by atoms with Crippen molar-refractivity contribution in [1.29, 1.82) is 0 Å². The summed E-state index contributed by atoms with van der Waals surface area (Å²) < 4.78 is 5.25. The van der Waals surface area contributed by atoms with Gasteiger partial charge in [-0.2, -0.15) is 0 Å². The Morgan fingerprint density at radius 1 is 1.28 bits per heavy atom. The van der Waals surface area contributed by atoms with Gasteiger partial charge in [0.25, 0.3) is 0 Å². The van der Waals surface area contributed by atoms with Gasteiger partial charge in [0.2, 0.25) is 0 Å². The van der Waals surface area contributed by atoms with E-state index in [0.29, 0.717) is 13.1 Å². The molecule has 0 amide bonds. The van der Waals surface area contributed by atoms with Crippen molar-refractivity contribution in [2.24, 2.45) is 0 Å². The molecule has 5 nitrogen and oxygen atoms in total. The van der Waals surface area contributed by atoms with E-state index < -0.39 is 6.10 Å². The van der Waals surface area contributed by atoms with Gasteiger partial charge in [-0.15, -0.1) is 0 Å². The maximum Gasteiger partial charge on any atom is 0.140 e. The summed E-state index contributed by atoms with van der Waals surface area (Å²) in [4.78, 5) is 10.6. The maximum atomic E-state index is 9.88. The van der Waals surface area contributed by atoms with Crippen LogP contribution in [0.1, 0.15) is 0 Å². The van der Waals surface area contributed by atoms with Crippen LogP contribution >= 0.6 is 0 Å². The molecule has 3 rings (SSSR count). The van der Waals surface area contributed by atoms with Gasteiger partial charge in [-0.1, -0.05) is 12.1 Å². The highest BCUT2D eigenvalue weighted by Crippen LogP contribution is 2.26. The van der Waals surface area contributed by atoms with Crippen LogP contribution in [0.2, 0.25) is 0 Å². The lowest BCUT2D eigenvalue weighted by molar-refractivity contribution is 0.0217. The van der Waals surface area contributed by atoms with Crippen LogP contribution in [0.5, 0.6) is 0 Å². The molecule has 1 fully saturated rings. The molecule has 1 aromatic carbocycles. The number of β-amino-alcohol motifs (C(OH)–C–C–N with tert-alkyl or cyclic N) is 1. The number of hydrogen-bond acceptors (Lipinski definition) is 5. The topological polar surface area (TPSA) is 58.5 Å². The van der Waals surface area contributed by atoms with Gasteiger partial charge in [0.15, 0.2) is 0 Å². The number of anilines is 1. The average molecular weight is 245 g/mol. The number of rotatable bonds is 2. The molecule has 2 aromatic rings. The zero-order valence-electron chi connectivity index (χ0n) is 10.2. The van der Waals surface area contributed by atoms with Gasteiger partial charge in [-0.3, -0.25) is 0 Å². The number of methoxy groups -OCH3 is 1. The lowest BCUT2D eigenvalue weighted by Crippen LogP contribution is -2.25. The van der Waals surface area contributed by atoms with Crippen LogP contribution in [0.4, 0.5) is 5.82 Å². The van der Waals surface area contributed by atoms with Crippen molar-refractivity contribution in [2.45, 2.75) is 12.2 Å². The Balaban J connectivity index is 2.00. The molecule has 2 heterocycles. The second-order valence-electron chi connectivity index (χ2n) is 4.46. The van der Waals surface area contributed by atoms with E-state index in [1.165, 1.54) is 0 Å². The summed E-state index contributed by atoms with van der Waals surface area (Å²) in [6, 6.07) is 7.88. The average Bonchev–Trinajstić information content (AvgIpc) is 2.79. The van der Waals surface area contributed by atoms with Crippen LogP contribution in [0, 0.1) is 0 Å². The Kier molecular flexibility index (Phi) is 2.85. The predicted octanol–water partition coefficient (Wildman–Crippen LogP) is 0.826. The molecule has 1 aliphatic rings. The quantitative estimate of drug-likeness (QED) is 0.849. The predicted molar refractivity (Wildman–Crippen MR) is 68.6 cm³/mol. The van der Waals surface area contributed by atoms with Gasteiger partial charge in [0.1, 0.15) is 18.2 Å². The fourth-order valence-electron chi connectivity index (χ4n) is 2.40. The molecular formula is C13H15N3O2. The molecule has 0 spiro atoms. The standard InChI is InChI=1S/C13H15N3O2/c1-18-12-7-16(6-11(12)17)13-9-4-2-3-5-10(9)14-8-15-13/h2-5,8,11-12,17H,6-7H2,1H3/t11-,12-/m0/s1. The van der Waals surface area contributed by atoms with E-state index in [-0.39, 0.29) is 6.10 Å². The first kappa shape index (κ1) is 11.4. The van der Waals surface area contributed by atoms with Crippen molar-refractivity contribution in [1.82, 2.24) is 9.97 Å². The Morgan fingerprint density at radius 2 is 2.11 bits per heavy atom. The maximum absolute atomic E-state index is 9.88. The van der Waals surface area contributed by atoms with E-state index in [4.69, 9.17) is 4.74 Å². The summed E-state index contributed by atoms with van der Waals surface area (Å²) in [5.41, 5.74) is 0.915. The third-order valence-electron chi connectivity index (χ3n) is 3.36. The number of aromatic nitrogens is 2. The van der Waals surface area contributed by atoms with Gasteiger partial charge in [-0.25, -0.2) is 9.97 Å². The van der Waals surface area contributed by atoms with E-state index in [0.717, 1.165) is 16.7 Å². The normalized spacial score (nSPS) is 23.8. The Bertz CT molecular complexity index is 555. The molecule has 0 aliphatic carbocycles. The molecule has 1 saturated heterocycles. The minimum Gasteiger partial charge on any atom is -0.388 e. The summed E-state index contributed by atoms with van der Waals surface area (Å²) in [5.74, 6) is 0.860. The van der Waals surface area contributed by atoms with Gasteiger partial charge in [0.05, 0.1) is 11.6 Å². The fourth-order valence-corrected chi connectivity index (χ4v) is 2.40.